The predicted molar refractivity (Wildman–Crippen MR) is 89.6 cm³/mol. The molecule has 2 aromatic rings. The van der Waals surface area contributed by atoms with Crippen LogP contribution in [0.3, 0.4) is 0 Å². The second-order valence-corrected chi connectivity index (χ2v) is 6.02. The van der Waals surface area contributed by atoms with E-state index in [0.29, 0.717) is 10.6 Å². The number of para-hydroxylation sites is 2. The van der Waals surface area contributed by atoms with Gasteiger partial charge in [-0.25, -0.2) is 0 Å². The number of carbonyl (C=O) groups excluding carboxylic acids is 1. The lowest BCUT2D eigenvalue weighted by Crippen LogP contribution is -2.28. The van der Waals surface area contributed by atoms with Crippen molar-refractivity contribution in [2.75, 3.05) is 18.4 Å². The maximum absolute atomic E-state index is 12.0. The van der Waals surface area contributed by atoms with Gasteiger partial charge >= 0.3 is 0 Å². The summed E-state index contributed by atoms with van der Waals surface area (Å²) in [5.41, 5.74) is 0.232. The van der Waals surface area contributed by atoms with Crippen LogP contribution in [0.4, 0.5) is 17.1 Å². The molecule has 1 heterocycles. The fraction of sp³-hybridized carbons (Fsp3) is 0.214. The Balaban J connectivity index is 1.89. The molecule has 0 saturated carbocycles. The molecule has 0 bridgehead atoms. The van der Waals surface area contributed by atoms with Crippen molar-refractivity contribution >= 4 is 34.3 Å². The number of carbonyl (C=O) groups is 1. The molecule has 2 N–H and O–H groups in total. The van der Waals surface area contributed by atoms with Crippen LogP contribution in [-0.4, -0.2) is 28.8 Å². The van der Waals surface area contributed by atoms with Crippen LogP contribution in [0.15, 0.2) is 30.3 Å². The number of hydrogen-bond donors (Lipinski definition) is 2. The highest BCUT2D eigenvalue weighted by molar-refractivity contribution is 7.14. The number of nitrogens with zero attached hydrogens (tertiary/aromatic N) is 2. The van der Waals surface area contributed by atoms with E-state index in [1.54, 1.807) is 25.1 Å². The molecule has 1 amide bonds. The van der Waals surface area contributed by atoms with Crippen molar-refractivity contribution in [3.05, 3.63) is 60.3 Å². The number of rotatable bonds is 7. The number of benzene rings is 1. The minimum Gasteiger partial charge on any atom is -0.378 e. The average molecular weight is 350 g/mol. The maximum atomic E-state index is 12.0. The topological polar surface area (TPSA) is 127 Å². The lowest BCUT2D eigenvalue weighted by atomic mass is 10.2. The minimum atomic E-state index is -0.529. The maximum Gasteiger partial charge on any atom is 0.292 e. The standard InChI is InChI=1S/C14H14N4O5S/c1-9-12(18(22)23)8-13(24-9)14(19)16-7-6-15-10-4-2-3-5-11(10)17(20)21/h2-5,8,15H,6-7H2,1H3,(H,16,19). The molecule has 24 heavy (non-hydrogen) atoms. The monoisotopic (exact) mass is 350 g/mol. The van der Waals surface area contributed by atoms with E-state index in [4.69, 9.17) is 0 Å². The molecule has 9 nitrogen and oxygen atoms in total. The van der Waals surface area contributed by atoms with Gasteiger partial charge in [-0.2, -0.15) is 0 Å². The Morgan fingerprint density at radius 2 is 1.79 bits per heavy atom. The molecule has 0 aliphatic carbocycles. The first-order valence-corrected chi connectivity index (χ1v) is 7.72. The van der Waals surface area contributed by atoms with Crippen LogP contribution in [0.2, 0.25) is 0 Å². The van der Waals surface area contributed by atoms with E-state index < -0.39 is 15.8 Å². The van der Waals surface area contributed by atoms with Gasteiger partial charge in [0, 0.05) is 25.2 Å². The SMILES string of the molecule is Cc1sc(C(=O)NCCNc2ccccc2[N+](=O)[O-])cc1[N+](=O)[O-]. The van der Waals surface area contributed by atoms with E-state index >= 15 is 0 Å². The lowest BCUT2D eigenvalue weighted by molar-refractivity contribution is -0.385. The van der Waals surface area contributed by atoms with Crippen molar-refractivity contribution < 1.29 is 14.6 Å². The third kappa shape index (κ3) is 4.04. The van der Waals surface area contributed by atoms with E-state index in [1.165, 1.54) is 12.1 Å². The van der Waals surface area contributed by atoms with E-state index in [-0.39, 0.29) is 29.3 Å². The van der Waals surface area contributed by atoms with Crippen LogP contribution in [-0.2, 0) is 0 Å². The molecular weight excluding hydrogens is 336 g/mol. The van der Waals surface area contributed by atoms with Crippen molar-refractivity contribution in [2.24, 2.45) is 0 Å². The molecule has 0 fully saturated rings. The number of nitrogens with one attached hydrogen (secondary N) is 2. The predicted octanol–water partition coefficient (Wildman–Crippen LogP) is 2.71. The first-order chi connectivity index (χ1) is 11.4. The fourth-order valence-electron chi connectivity index (χ4n) is 2.01. The number of anilines is 1. The molecule has 0 unspecified atom stereocenters. The Kier molecular flexibility index (Phi) is 5.42. The van der Waals surface area contributed by atoms with Gasteiger partial charge in [0.05, 0.1) is 19.6 Å². The molecule has 126 valence electrons. The van der Waals surface area contributed by atoms with Crippen LogP contribution in [0.1, 0.15) is 14.5 Å². The van der Waals surface area contributed by atoms with Crippen molar-refractivity contribution in [1.82, 2.24) is 5.32 Å². The Morgan fingerprint density at radius 3 is 2.42 bits per heavy atom. The van der Waals surface area contributed by atoms with Crippen molar-refractivity contribution in [3.8, 4) is 0 Å². The third-order valence-electron chi connectivity index (χ3n) is 3.14. The number of nitro benzene ring substituents is 1. The Morgan fingerprint density at radius 1 is 1.12 bits per heavy atom. The highest BCUT2D eigenvalue weighted by Crippen LogP contribution is 2.27. The first kappa shape index (κ1) is 17.3. The van der Waals surface area contributed by atoms with E-state index in [0.717, 1.165) is 11.3 Å². The second kappa shape index (κ2) is 7.51. The summed E-state index contributed by atoms with van der Waals surface area (Å²) >= 11 is 1.05. The highest BCUT2D eigenvalue weighted by Gasteiger charge is 2.19. The van der Waals surface area contributed by atoms with Crippen molar-refractivity contribution in [1.29, 1.82) is 0 Å². The first-order valence-electron chi connectivity index (χ1n) is 6.90. The van der Waals surface area contributed by atoms with Gasteiger partial charge in [0.25, 0.3) is 17.3 Å². The Labute approximate surface area is 140 Å². The molecule has 1 aromatic carbocycles. The molecular formula is C14H14N4O5S. The summed E-state index contributed by atoms with van der Waals surface area (Å²) in [6, 6.07) is 7.43. The summed E-state index contributed by atoms with van der Waals surface area (Å²) in [4.78, 5) is 33.3. The van der Waals surface area contributed by atoms with Crippen LogP contribution < -0.4 is 10.6 Å². The number of nitro groups is 2. The van der Waals surface area contributed by atoms with Crippen molar-refractivity contribution in [2.45, 2.75) is 6.92 Å². The Bertz CT molecular complexity index is 789. The molecule has 0 spiro atoms. The second-order valence-electron chi connectivity index (χ2n) is 4.77. The van der Waals surface area contributed by atoms with E-state index in [2.05, 4.69) is 10.6 Å². The summed E-state index contributed by atoms with van der Waals surface area (Å²) in [6.07, 6.45) is 0. The van der Waals surface area contributed by atoms with E-state index in [1.807, 2.05) is 0 Å². The summed E-state index contributed by atoms with van der Waals surface area (Å²) in [7, 11) is 0. The van der Waals surface area contributed by atoms with Gasteiger partial charge in [-0.3, -0.25) is 25.0 Å². The third-order valence-corrected chi connectivity index (χ3v) is 4.18. The summed E-state index contributed by atoms with van der Waals surface area (Å²) in [5.74, 6) is -0.416. The molecule has 0 aliphatic heterocycles. The number of hydrogen-bond acceptors (Lipinski definition) is 7. The smallest absolute Gasteiger partial charge is 0.292 e. The molecule has 0 atom stereocenters. The molecule has 2 rings (SSSR count). The van der Waals surface area contributed by atoms with Gasteiger partial charge in [0.2, 0.25) is 0 Å². The molecule has 0 aliphatic rings. The number of aryl methyl sites for hydroxylation is 1. The van der Waals surface area contributed by atoms with Gasteiger partial charge in [0.1, 0.15) is 5.69 Å². The summed E-state index contributed by atoms with van der Waals surface area (Å²) in [5, 5.41) is 27.1. The largest absolute Gasteiger partial charge is 0.378 e. The quantitative estimate of drug-likeness (QED) is 0.449. The van der Waals surface area contributed by atoms with Gasteiger partial charge in [-0.1, -0.05) is 12.1 Å². The zero-order chi connectivity index (χ0) is 17.7. The van der Waals surface area contributed by atoms with Gasteiger partial charge in [-0.05, 0) is 13.0 Å². The van der Waals surface area contributed by atoms with Crippen LogP contribution in [0, 0.1) is 27.2 Å². The number of thiophene rings is 1. The molecule has 1 aromatic heterocycles. The minimum absolute atomic E-state index is 0.0478. The van der Waals surface area contributed by atoms with E-state index in [9.17, 15) is 25.0 Å². The highest BCUT2D eigenvalue weighted by atomic mass is 32.1. The zero-order valence-corrected chi connectivity index (χ0v) is 13.5. The average Bonchev–Trinajstić information content (AvgIpc) is 2.94. The van der Waals surface area contributed by atoms with Gasteiger partial charge in [0.15, 0.2) is 0 Å². The Hall–Kier alpha value is -3.01. The lowest BCUT2D eigenvalue weighted by Gasteiger charge is -2.07. The molecule has 0 radical (unpaired) electrons. The summed E-state index contributed by atoms with van der Waals surface area (Å²) in [6.45, 7) is 2.08. The van der Waals surface area contributed by atoms with Crippen molar-refractivity contribution in [3.63, 3.8) is 0 Å². The molecule has 0 saturated heterocycles. The molecule has 10 heteroatoms. The van der Waals surface area contributed by atoms with Crippen LogP contribution >= 0.6 is 11.3 Å². The van der Waals surface area contributed by atoms with Crippen LogP contribution in [0.25, 0.3) is 0 Å². The van der Waals surface area contributed by atoms with Gasteiger partial charge < -0.3 is 10.6 Å². The summed E-state index contributed by atoms with van der Waals surface area (Å²) < 4.78 is 0. The number of amides is 1. The zero-order valence-electron chi connectivity index (χ0n) is 12.6. The normalized spacial score (nSPS) is 10.2. The van der Waals surface area contributed by atoms with Crippen LogP contribution in [0.5, 0.6) is 0 Å². The van der Waals surface area contributed by atoms with Gasteiger partial charge in [-0.15, -0.1) is 11.3 Å². The fourth-order valence-corrected chi connectivity index (χ4v) is 2.91.